The summed E-state index contributed by atoms with van der Waals surface area (Å²) in [4.78, 5) is 4.26. The van der Waals surface area contributed by atoms with Crippen molar-refractivity contribution in [3.05, 3.63) is 72.0 Å². The van der Waals surface area contributed by atoms with Crippen LogP contribution in [-0.4, -0.2) is 31.3 Å². The minimum Gasteiger partial charge on any atom is -0.496 e. The third-order valence-electron chi connectivity index (χ3n) is 4.53. The Bertz CT molecular complexity index is 1070. The first-order valence-electron chi connectivity index (χ1n) is 8.32. The molecule has 26 heavy (non-hydrogen) atoms. The van der Waals surface area contributed by atoms with E-state index in [1.54, 1.807) is 31.8 Å². The van der Waals surface area contributed by atoms with E-state index in [1.165, 1.54) is 6.07 Å². The Morgan fingerprint density at radius 1 is 1.15 bits per heavy atom. The molecule has 6 nitrogen and oxygen atoms in total. The highest BCUT2D eigenvalue weighted by atomic mass is 19.1. The number of rotatable bonds is 5. The van der Waals surface area contributed by atoms with Gasteiger partial charge in [0.15, 0.2) is 5.65 Å². The van der Waals surface area contributed by atoms with E-state index in [4.69, 9.17) is 4.74 Å². The SMILES string of the molecule is COc1cccc(F)c1CCc1ccc(-n2ccnc2C)c2nncn12. The molecule has 0 spiro atoms. The Kier molecular flexibility index (Phi) is 4.12. The van der Waals surface area contributed by atoms with Gasteiger partial charge in [-0.25, -0.2) is 9.37 Å². The number of fused-ring (bicyclic) bond motifs is 1. The molecule has 0 radical (unpaired) electrons. The predicted molar refractivity (Wildman–Crippen MR) is 95.2 cm³/mol. The highest BCUT2D eigenvalue weighted by Crippen LogP contribution is 2.24. The maximum Gasteiger partial charge on any atom is 0.185 e. The predicted octanol–water partition coefficient (Wildman–Crippen LogP) is 3.16. The summed E-state index contributed by atoms with van der Waals surface area (Å²) in [6.07, 6.45) is 6.48. The van der Waals surface area contributed by atoms with Crippen LogP contribution in [-0.2, 0) is 12.8 Å². The van der Waals surface area contributed by atoms with Gasteiger partial charge in [0.05, 0.1) is 12.8 Å². The van der Waals surface area contributed by atoms with Gasteiger partial charge in [-0.15, -0.1) is 10.2 Å². The lowest BCUT2D eigenvalue weighted by atomic mass is 10.1. The maximum absolute atomic E-state index is 14.2. The summed E-state index contributed by atoms with van der Waals surface area (Å²) in [5.41, 5.74) is 3.22. The zero-order valence-corrected chi connectivity index (χ0v) is 14.6. The fourth-order valence-corrected chi connectivity index (χ4v) is 3.20. The number of aromatic nitrogens is 5. The summed E-state index contributed by atoms with van der Waals surface area (Å²) in [5, 5.41) is 8.30. The van der Waals surface area contributed by atoms with Crippen LogP contribution in [0.3, 0.4) is 0 Å². The first kappa shape index (κ1) is 16.3. The van der Waals surface area contributed by atoms with E-state index in [0.29, 0.717) is 24.2 Å². The molecule has 3 aromatic heterocycles. The number of hydrogen-bond donors (Lipinski definition) is 0. The highest BCUT2D eigenvalue weighted by molar-refractivity contribution is 5.59. The van der Waals surface area contributed by atoms with E-state index in [2.05, 4.69) is 15.2 Å². The van der Waals surface area contributed by atoms with Crippen LogP contribution in [0.25, 0.3) is 11.3 Å². The number of nitrogens with zero attached hydrogens (tertiary/aromatic N) is 5. The second-order valence-electron chi connectivity index (χ2n) is 6.00. The van der Waals surface area contributed by atoms with E-state index in [1.807, 2.05) is 34.2 Å². The molecule has 0 unspecified atom stereocenters. The monoisotopic (exact) mass is 351 g/mol. The van der Waals surface area contributed by atoms with E-state index in [-0.39, 0.29) is 5.82 Å². The number of benzene rings is 1. The van der Waals surface area contributed by atoms with Gasteiger partial charge < -0.3 is 9.30 Å². The van der Waals surface area contributed by atoms with E-state index in [9.17, 15) is 4.39 Å². The van der Waals surface area contributed by atoms with Crippen LogP contribution >= 0.6 is 0 Å². The summed E-state index contributed by atoms with van der Waals surface area (Å²) < 4.78 is 23.4. The summed E-state index contributed by atoms with van der Waals surface area (Å²) >= 11 is 0. The normalized spacial score (nSPS) is 11.2. The Labute approximate surface area is 149 Å². The lowest BCUT2D eigenvalue weighted by molar-refractivity contribution is 0.404. The first-order chi connectivity index (χ1) is 12.7. The molecule has 3 heterocycles. The molecule has 4 rings (SSSR count). The van der Waals surface area contributed by atoms with Crippen LogP contribution in [0.2, 0.25) is 0 Å². The molecule has 4 aromatic rings. The van der Waals surface area contributed by atoms with Crippen molar-refractivity contribution in [1.29, 1.82) is 0 Å². The quantitative estimate of drug-likeness (QED) is 0.554. The summed E-state index contributed by atoms with van der Waals surface area (Å²) in [6.45, 7) is 1.94. The van der Waals surface area contributed by atoms with Crippen molar-refractivity contribution in [2.75, 3.05) is 7.11 Å². The van der Waals surface area contributed by atoms with Gasteiger partial charge in [0.2, 0.25) is 0 Å². The number of aryl methyl sites for hydroxylation is 2. The highest BCUT2D eigenvalue weighted by Gasteiger charge is 2.13. The lowest BCUT2D eigenvalue weighted by Gasteiger charge is -2.12. The second kappa shape index (κ2) is 6.59. The van der Waals surface area contributed by atoms with Crippen LogP contribution in [0.5, 0.6) is 5.75 Å². The van der Waals surface area contributed by atoms with Crippen molar-refractivity contribution in [1.82, 2.24) is 24.1 Å². The number of halogens is 1. The number of pyridine rings is 1. The number of imidazole rings is 1. The van der Waals surface area contributed by atoms with Crippen molar-refractivity contribution in [2.24, 2.45) is 0 Å². The molecule has 0 atom stereocenters. The van der Waals surface area contributed by atoms with Gasteiger partial charge in [-0.1, -0.05) is 6.07 Å². The average molecular weight is 351 g/mol. The maximum atomic E-state index is 14.2. The van der Waals surface area contributed by atoms with Gasteiger partial charge in [-0.3, -0.25) is 4.40 Å². The molecular formula is C19H18FN5O. The molecule has 0 saturated carbocycles. The molecule has 0 N–H and O–H groups in total. The standard InChI is InChI=1S/C19H18FN5O/c1-13-21-10-11-24(13)17-9-7-14(25-12-22-23-19(17)25)6-8-15-16(20)4-3-5-18(15)26-2/h3-5,7,9-12H,6,8H2,1-2H3. The molecule has 1 aromatic carbocycles. The molecule has 0 aliphatic heterocycles. The summed E-state index contributed by atoms with van der Waals surface area (Å²) in [5.74, 6) is 1.18. The molecule has 132 valence electrons. The lowest BCUT2D eigenvalue weighted by Crippen LogP contribution is -2.05. The fraction of sp³-hybridized carbons (Fsp3) is 0.211. The Balaban J connectivity index is 1.69. The molecule has 0 aliphatic rings. The van der Waals surface area contributed by atoms with Gasteiger partial charge in [0, 0.05) is 23.7 Å². The van der Waals surface area contributed by atoms with Gasteiger partial charge in [-0.05, 0) is 44.0 Å². The van der Waals surface area contributed by atoms with Crippen molar-refractivity contribution in [3.63, 3.8) is 0 Å². The van der Waals surface area contributed by atoms with Gasteiger partial charge in [0.25, 0.3) is 0 Å². The van der Waals surface area contributed by atoms with Gasteiger partial charge in [-0.2, -0.15) is 0 Å². The minimum atomic E-state index is -0.255. The molecular weight excluding hydrogens is 333 g/mol. The zero-order valence-electron chi connectivity index (χ0n) is 14.6. The van der Waals surface area contributed by atoms with Gasteiger partial charge >= 0.3 is 0 Å². The largest absolute Gasteiger partial charge is 0.496 e. The van der Waals surface area contributed by atoms with E-state index < -0.39 is 0 Å². The van der Waals surface area contributed by atoms with Crippen LogP contribution in [0.15, 0.2) is 49.1 Å². The average Bonchev–Trinajstić information content (AvgIpc) is 3.29. The Morgan fingerprint density at radius 3 is 2.81 bits per heavy atom. The second-order valence-corrected chi connectivity index (χ2v) is 6.00. The summed E-state index contributed by atoms with van der Waals surface area (Å²) in [7, 11) is 1.55. The number of ether oxygens (including phenoxy) is 1. The zero-order chi connectivity index (χ0) is 18.1. The van der Waals surface area contributed by atoms with Crippen LogP contribution in [0.1, 0.15) is 17.1 Å². The first-order valence-corrected chi connectivity index (χ1v) is 8.32. The molecule has 0 fully saturated rings. The van der Waals surface area contributed by atoms with Crippen LogP contribution in [0.4, 0.5) is 4.39 Å². The van der Waals surface area contributed by atoms with E-state index in [0.717, 1.165) is 22.9 Å². The van der Waals surface area contributed by atoms with Crippen molar-refractivity contribution in [2.45, 2.75) is 19.8 Å². The summed E-state index contributed by atoms with van der Waals surface area (Å²) in [6, 6.07) is 8.89. The van der Waals surface area contributed by atoms with Crippen LogP contribution in [0, 0.1) is 12.7 Å². The molecule has 0 bridgehead atoms. The van der Waals surface area contributed by atoms with Crippen molar-refractivity contribution >= 4 is 5.65 Å². The van der Waals surface area contributed by atoms with Gasteiger partial charge in [0.1, 0.15) is 23.7 Å². The Morgan fingerprint density at radius 2 is 2.04 bits per heavy atom. The fourth-order valence-electron chi connectivity index (χ4n) is 3.20. The van der Waals surface area contributed by atoms with Crippen molar-refractivity contribution < 1.29 is 9.13 Å². The number of methoxy groups -OCH3 is 1. The molecule has 0 saturated heterocycles. The Hall–Kier alpha value is -3.22. The molecule has 7 heteroatoms. The van der Waals surface area contributed by atoms with Crippen molar-refractivity contribution in [3.8, 4) is 11.4 Å². The molecule has 0 aliphatic carbocycles. The molecule has 0 amide bonds. The third-order valence-corrected chi connectivity index (χ3v) is 4.53. The topological polar surface area (TPSA) is 57.2 Å². The number of hydrogen-bond acceptors (Lipinski definition) is 4. The minimum absolute atomic E-state index is 0.255. The third kappa shape index (κ3) is 2.71. The van der Waals surface area contributed by atoms with Crippen LogP contribution < -0.4 is 4.74 Å². The van der Waals surface area contributed by atoms with E-state index >= 15 is 0 Å². The smallest absolute Gasteiger partial charge is 0.185 e.